The normalized spacial score (nSPS) is 21.2. The van der Waals surface area contributed by atoms with Gasteiger partial charge in [-0.1, -0.05) is 23.8 Å². The first-order valence-electron chi connectivity index (χ1n) is 6.78. The average Bonchev–Trinajstić information content (AvgIpc) is 2.38. The molecule has 0 aliphatic heterocycles. The van der Waals surface area contributed by atoms with E-state index in [9.17, 15) is 25.9 Å². The van der Waals surface area contributed by atoms with E-state index < -0.39 is 41.6 Å². The Morgan fingerprint density at radius 3 is 2.12 bits per heavy atom. The molecule has 0 heterocycles. The molecule has 6 N–H and O–H groups in total. The number of nitrogens with two attached hydrogens (primary N) is 2. The maximum Gasteiger partial charge on any atom is 0.294 e. The molecule has 0 amide bonds. The van der Waals surface area contributed by atoms with E-state index in [2.05, 4.69) is 0 Å². The molecule has 10 heteroatoms. The number of aryl methyl sites for hydroxylation is 1. The van der Waals surface area contributed by atoms with Crippen LogP contribution in [0.2, 0.25) is 0 Å². The van der Waals surface area contributed by atoms with Crippen LogP contribution in [0.3, 0.4) is 0 Å². The van der Waals surface area contributed by atoms with Crippen LogP contribution < -0.4 is 11.5 Å². The fourth-order valence-electron chi connectivity index (χ4n) is 2.54. The largest absolute Gasteiger partial charge is 0.307 e. The quantitative estimate of drug-likeness (QED) is 0.341. The van der Waals surface area contributed by atoms with Gasteiger partial charge in [0.05, 0.1) is 9.80 Å². The van der Waals surface area contributed by atoms with Gasteiger partial charge < -0.3 is 11.5 Å². The number of allylic oxidation sites excluding steroid dienone is 2. The number of rotatable bonds is 3. The van der Waals surface area contributed by atoms with Gasteiger partial charge in [-0.3, -0.25) is 9.11 Å². The van der Waals surface area contributed by atoms with Crippen LogP contribution in [0, 0.1) is 6.92 Å². The first-order chi connectivity index (χ1) is 10.7. The van der Waals surface area contributed by atoms with E-state index in [0.717, 1.165) is 12.1 Å². The first kappa shape index (κ1) is 18.8. The molecule has 8 nitrogen and oxygen atoms in total. The first-order valence-corrected chi connectivity index (χ1v) is 9.66. The van der Waals surface area contributed by atoms with Gasteiger partial charge in [-0.2, -0.15) is 16.8 Å². The molecular formula is C14H18N2O6S2. The van der Waals surface area contributed by atoms with E-state index in [1.807, 2.05) is 0 Å². The Kier molecular flexibility index (Phi) is 4.50. The van der Waals surface area contributed by atoms with Gasteiger partial charge in [-0.15, -0.1) is 0 Å². The van der Waals surface area contributed by atoms with Crippen molar-refractivity contribution in [2.24, 2.45) is 11.5 Å². The van der Waals surface area contributed by atoms with E-state index in [1.54, 1.807) is 13.8 Å². The van der Waals surface area contributed by atoms with Crippen molar-refractivity contribution in [3.63, 3.8) is 0 Å². The summed E-state index contributed by atoms with van der Waals surface area (Å²) >= 11 is 0. The molecule has 1 aliphatic carbocycles. The van der Waals surface area contributed by atoms with Crippen LogP contribution in [-0.4, -0.2) is 31.6 Å². The highest BCUT2D eigenvalue weighted by Gasteiger charge is 2.36. The molecule has 0 spiro atoms. The fourth-order valence-corrected chi connectivity index (χ4v) is 4.12. The molecule has 0 saturated carbocycles. The molecule has 1 unspecified atom stereocenters. The molecule has 1 atom stereocenters. The van der Waals surface area contributed by atoms with Crippen molar-refractivity contribution in [3.05, 3.63) is 52.0 Å². The van der Waals surface area contributed by atoms with Crippen LogP contribution in [0.1, 0.15) is 24.0 Å². The standard InChI is InChI=1S/C14H18N2O6S2/c1-8-3-4-12(23(17,18)19)10(5-8)11-6-9(2)14(15,16)7-13(11)24(20,21)22/h3-7,11H,15-16H2,1-2H3,(H,17,18,19)(H,20,21,22). The predicted molar refractivity (Wildman–Crippen MR) is 88.2 cm³/mol. The third-order valence-corrected chi connectivity index (χ3v) is 5.76. The Balaban J connectivity index is 2.82. The minimum atomic E-state index is -4.71. The number of hydrogen-bond donors (Lipinski definition) is 4. The highest BCUT2D eigenvalue weighted by atomic mass is 32.2. The second-order valence-corrected chi connectivity index (χ2v) is 8.61. The maximum absolute atomic E-state index is 11.7. The molecule has 0 bridgehead atoms. The van der Waals surface area contributed by atoms with E-state index in [0.29, 0.717) is 11.1 Å². The molecule has 1 aromatic rings. The van der Waals surface area contributed by atoms with Crippen LogP contribution in [0.4, 0.5) is 0 Å². The van der Waals surface area contributed by atoms with Gasteiger partial charge in [0, 0.05) is 5.92 Å². The summed E-state index contributed by atoms with van der Waals surface area (Å²) in [4.78, 5) is -1.01. The summed E-state index contributed by atoms with van der Waals surface area (Å²) in [5, 5.41) is 0. The van der Waals surface area contributed by atoms with Crippen LogP contribution in [0.15, 0.2) is 45.7 Å². The molecule has 2 rings (SSSR count). The van der Waals surface area contributed by atoms with Gasteiger partial charge in [0.2, 0.25) is 0 Å². The van der Waals surface area contributed by atoms with Crippen molar-refractivity contribution < 1.29 is 25.9 Å². The third-order valence-electron chi connectivity index (χ3n) is 3.86. The van der Waals surface area contributed by atoms with Crippen molar-refractivity contribution >= 4 is 20.2 Å². The molecule has 0 aromatic heterocycles. The minimum Gasteiger partial charge on any atom is -0.307 e. The molecule has 0 radical (unpaired) electrons. The van der Waals surface area contributed by atoms with Crippen LogP contribution in [0.25, 0.3) is 0 Å². The fraction of sp³-hybridized carbons (Fsp3) is 0.286. The molecule has 0 saturated heterocycles. The number of hydrogen-bond acceptors (Lipinski definition) is 6. The Labute approximate surface area is 140 Å². The van der Waals surface area contributed by atoms with Crippen LogP contribution >= 0.6 is 0 Å². The Morgan fingerprint density at radius 1 is 1.04 bits per heavy atom. The third kappa shape index (κ3) is 3.58. The highest BCUT2D eigenvalue weighted by molar-refractivity contribution is 7.89. The maximum atomic E-state index is 11.7. The zero-order valence-electron chi connectivity index (χ0n) is 13.0. The minimum absolute atomic E-state index is 0.00350. The summed E-state index contributed by atoms with van der Waals surface area (Å²) in [5.41, 5.74) is 11.0. The van der Waals surface area contributed by atoms with Crippen molar-refractivity contribution in [2.45, 2.75) is 30.3 Å². The summed E-state index contributed by atoms with van der Waals surface area (Å²) in [5.74, 6) is -1.16. The lowest BCUT2D eigenvalue weighted by Gasteiger charge is -2.31. The molecular weight excluding hydrogens is 356 g/mol. The average molecular weight is 374 g/mol. The van der Waals surface area contributed by atoms with Gasteiger partial charge in [0.1, 0.15) is 5.66 Å². The predicted octanol–water partition coefficient (Wildman–Crippen LogP) is 0.671. The molecule has 1 aromatic carbocycles. The Bertz CT molecular complexity index is 959. The molecule has 132 valence electrons. The lowest BCUT2D eigenvalue weighted by Crippen LogP contribution is -2.50. The summed E-state index contributed by atoms with van der Waals surface area (Å²) in [6, 6.07) is 4.03. The SMILES string of the molecule is CC1=CC(c2cc(C)ccc2S(=O)(=O)O)C(S(=O)(=O)O)=CC1(N)N. The highest BCUT2D eigenvalue weighted by Crippen LogP contribution is 2.39. The molecule has 0 fully saturated rings. The Morgan fingerprint density at radius 2 is 1.62 bits per heavy atom. The Hall–Kier alpha value is -1.56. The summed E-state index contributed by atoms with van der Waals surface area (Å²) in [6.07, 6.45) is 2.32. The van der Waals surface area contributed by atoms with Crippen molar-refractivity contribution in [2.75, 3.05) is 0 Å². The summed E-state index contributed by atoms with van der Waals surface area (Å²) in [6.45, 7) is 3.22. The van der Waals surface area contributed by atoms with Crippen LogP contribution in [0.5, 0.6) is 0 Å². The van der Waals surface area contributed by atoms with E-state index in [1.165, 1.54) is 18.2 Å². The monoisotopic (exact) mass is 374 g/mol. The van der Waals surface area contributed by atoms with E-state index >= 15 is 0 Å². The topological polar surface area (TPSA) is 161 Å². The molecule has 24 heavy (non-hydrogen) atoms. The smallest absolute Gasteiger partial charge is 0.294 e. The lowest BCUT2D eigenvalue weighted by atomic mass is 9.85. The second kappa shape index (κ2) is 5.76. The van der Waals surface area contributed by atoms with Crippen LogP contribution in [-0.2, 0) is 20.2 Å². The number of benzene rings is 1. The lowest BCUT2D eigenvalue weighted by molar-refractivity contribution is 0.478. The summed E-state index contributed by atoms with van der Waals surface area (Å²) in [7, 11) is -9.32. The van der Waals surface area contributed by atoms with Crippen molar-refractivity contribution in [1.29, 1.82) is 0 Å². The van der Waals surface area contributed by atoms with Gasteiger partial charge in [-0.05, 0) is 37.1 Å². The van der Waals surface area contributed by atoms with Crippen molar-refractivity contribution in [3.8, 4) is 0 Å². The van der Waals surface area contributed by atoms with E-state index in [4.69, 9.17) is 11.5 Å². The summed E-state index contributed by atoms with van der Waals surface area (Å²) < 4.78 is 65.7. The zero-order valence-corrected chi connectivity index (χ0v) is 14.6. The molecule has 1 aliphatic rings. The zero-order chi connectivity index (χ0) is 18.5. The van der Waals surface area contributed by atoms with E-state index in [-0.39, 0.29) is 5.56 Å². The van der Waals surface area contributed by atoms with Crippen molar-refractivity contribution in [1.82, 2.24) is 0 Å². The van der Waals surface area contributed by atoms with Gasteiger partial charge in [0.25, 0.3) is 20.2 Å². The van der Waals surface area contributed by atoms with Gasteiger partial charge >= 0.3 is 0 Å². The van der Waals surface area contributed by atoms with Gasteiger partial charge in [0.15, 0.2) is 0 Å². The second-order valence-electron chi connectivity index (χ2n) is 5.80. The van der Waals surface area contributed by atoms with Gasteiger partial charge in [-0.25, -0.2) is 0 Å².